The monoisotopic (exact) mass is 297 g/mol. The number of nitrogen functional groups attached to an aromatic ring is 1. The number of anilines is 1. The Hall–Kier alpha value is -2.47. The first kappa shape index (κ1) is 13.2. The van der Waals surface area contributed by atoms with Crippen LogP contribution in [0, 0.1) is 0 Å². The lowest BCUT2D eigenvalue weighted by Gasteiger charge is -2.25. The number of aliphatic hydroxyl groups excluding tert-OH is 1. The third-order valence-electron chi connectivity index (χ3n) is 4.40. The standard InChI is InChI=1S/C16H15N3O3/c17-14-10(7-20)5-12-13(21)11-4-9(8-2-1-3-8)6-18-15(11)22-16(12)19-14/h4-6,8,20H,1-3,7H2,(H2,17,19). The van der Waals surface area contributed by atoms with Gasteiger partial charge in [0, 0.05) is 11.8 Å². The van der Waals surface area contributed by atoms with Crippen molar-refractivity contribution in [2.24, 2.45) is 0 Å². The van der Waals surface area contributed by atoms with Crippen molar-refractivity contribution in [2.45, 2.75) is 31.8 Å². The van der Waals surface area contributed by atoms with Gasteiger partial charge in [0.05, 0.1) is 17.4 Å². The highest BCUT2D eigenvalue weighted by Gasteiger charge is 2.21. The molecule has 0 radical (unpaired) electrons. The van der Waals surface area contributed by atoms with Crippen molar-refractivity contribution in [2.75, 3.05) is 5.73 Å². The summed E-state index contributed by atoms with van der Waals surface area (Å²) < 4.78 is 5.61. The molecule has 0 aromatic carbocycles. The lowest BCUT2D eigenvalue weighted by molar-refractivity contribution is 0.282. The number of nitrogens with zero attached hydrogens (tertiary/aromatic N) is 2. The third-order valence-corrected chi connectivity index (χ3v) is 4.40. The van der Waals surface area contributed by atoms with Crippen LogP contribution in [0.1, 0.15) is 36.3 Å². The second-order valence-electron chi connectivity index (χ2n) is 5.72. The van der Waals surface area contributed by atoms with E-state index in [0.29, 0.717) is 22.3 Å². The van der Waals surface area contributed by atoms with Crippen molar-refractivity contribution in [1.29, 1.82) is 0 Å². The topological polar surface area (TPSA) is 102 Å². The van der Waals surface area contributed by atoms with Gasteiger partial charge in [0.2, 0.25) is 16.9 Å². The van der Waals surface area contributed by atoms with E-state index in [1.54, 1.807) is 12.3 Å². The van der Waals surface area contributed by atoms with Gasteiger partial charge >= 0.3 is 0 Å². The zero-order valence-electron chi connectivity index (χ0n) is 11.9. The summed E-state index contributed by atoms with van der Waals surface area (Å²) >= 11 is 0. The molecular formula is C16H15N3O3. The van der Waals surface area contributed by atoms with Gasteiger partial charge in [-0.2, -0.15) is 4.98 Å². The molecule has 1 aliphatic carbocycles. The van der Waals surface area contributed by atoms with Crippen LogP contribution in [0.5, 0.6) is 0 Å². The first-order valence-electron chi connectivity index (χ1n) is 7.30. The summed E-state index contributed by atoms with van der Waals surface area (Å²) in [5.74, 6) is 0.646. The van der Waals surface area contributed by atoms with E-state index in [1.165, 1.54) is 6.42 Å². The van der Waals surface area contributed by atoms with E-state index in [9.17, 15) is 9.90 Å². The highest BCUT2D eigenvalue weighted by Crippen LogP contribution is 2.36. The van der Waals surface area contributed by atoms with Crippen LogP contribution in [-0.2, 0) is 6.61 Å². The maximum Gasteiger partial charge on any atom is 0.234 e. The molecule has 3 N–H and O–H groups in total. The minimum Gasteiger partial charge on any atom is -0.419 e. The van der Waals surface area contributed by atoms with Crippen LogP contribution in [0.3, 0.4) is 0 Å². The Bertz CT molecular complexity index is 945. The number of aromatic nitrogens is 2. The smallest absolute Gasteiger partial charge is 0.234 e. The predicted molar refractivity (Wildman–Crippen MR) is 82.5 cm³/mol. The SMILES string of the molecule is Nc1nc2oc3ncc(C4CCC4)cc3c(=O)c2cc1CO. The normalized spacial score (nSPS) is 15.3. The number of nitrogens with two attached hydrogens (primary N) is 1. The molecule has 0 amide bonds. The Balaban J connectivity index is 2.01. The fraction of sp³-hybridized carbons (Fsp3) is 0.312. The van der Waals surface area contributed by atoms with E-state index >= 15 is 0 Å². The van der Waals surface area contributed by atoms with Crippen LogP contribution in [0.4, 0.5) is 5.82 Å². The van der Waals surface area contributed by atoms with Crippen LogP contribution in [0.25, 0.3) is 22.2 Å². The third kappa shape index (κ3) is 1.88. The van der Waals surface area contributed by atoms with Crippen LogP contribution >= 0.6 is 0 Å². The van der Waals surface area contributed by atoms with E-state index in [2.05, 4.69) is 9.97 Å². The fourth-order valence-electron chi connectivity index (χ4n) is 2.83. The summed E-state index contributed by atoms with van der Waals surface area (Å²) in [5, 5.41) is 10.0. The molecule has 3 aromatic heterocycles. The van der Waals surface area contributed by atoms with Gasteiger partial charge in [0.15, 0.2) is 0 Å². The van der Waals surface area contributed by atoms with Crippen molar-refractivity contribution in [1.82, 2.24) is 9.97 Å². The number of aliphatic hydroxyl groups is 1. The predicted octanol–water partition coefficient (Wildman–Crippen LogP) is 2.08. The minimum atomic E-state index is -0.271. The molecule has 6 nitrogen and oxygen atoms in total. The Morgan fingerprint density at radius 2 is 2.05 bits per heavy atom. The molecule has 0 unspecified atom stereocenters. The molecule has 0 atom stereocenters. The van der Waals surface area contributed by atoms with Crippen molar-refractivity contribution < 1.29 is 9.52 Å². The lowest BCUT2D eigenvalue weighted by Crippen LogP contribution is -2.11. The molecule has 3 heterocycles. The highest BCUT2D eigenvalue weighted by molar-refractivity contribution is 5.87. The molecule has 1 fully saturated rings. The second kappa shape index (κ2) is 4.78. The fourth-order valence-corrected chi connectivity index (χ4v) is 2.83. The van der Waals surface area contributed by atoms with E-state index in [0.717, 1.165) is 18.4 Å². The summed E-state index contributed by atoms with van der Waals surface area (Å²) in [6.45, 7) is -0.271. The van der Waals surface area contributed by atoms with Gasteiger partial charge in [0.1, 0.15) is 5.82 Å². The van der Waals surface area contributed by atoms with Gasteiger partial charge in [-0.05, 0) is 36.5 Å². The molecular weight excluding hydrogens is 282 g/mol. The van der Waals surface area contributed by atoms with Gasteiger partial charge in [-0.3, -0.25) is 4.79 Å². The minimum absolute atomic E-state index is 0.149. The highest BCUT2D eigenvalue weighted by atomic mass is 16.3. The van der Waals surface area contributed by atoms with Gasteiger partial charge < -0.3 is 15.3 Å². The second-order valence-corrected chi connectivity index (χ2v) is 5.72. The molecule has 1 aliphatic rings. The average Bonchev–Trinajstić information content (AvgIpc) is 2.46. The summed E-state index contributed by atoms with van der Waals surface area (Å²) in [6.07, 6.45) is 5.27. The van der Waals surface area contributed by atoms with Gasteiger partial charge in [-0.25, -0.2) is 4.98 Å². The average molecular weight is 297 g/mol. The Labute approximate surface area is 125 Å². The summed E-state index contributed by atoms with van der Waals surface area (Å²) in [4.78, 5) is 21.0. The number of hydrogen-bond acceptors (Lipinski definition) is 6. The van der Waals surface area contributed by atoms with Crippen LogP contribution in [-0.4, -0.2) is 15.1 Å². The van der Waals surface area contributed by atoms with Crippen molar-refractivity contribution in [3.63, 3.8) is 0 Å². The largest absolute Gasteiger partial charge is 0.419 e. The summed E-state index contributed by atoms with van der Waals surface area (Å²) in [6, 6.07) is 3.41. The van der Waals surface area contributed by atoms with Crippen LogP contribution < -0.4 is 11.2 Å². The zero-order chi connectivity index (χ0) is 15.3. The Kier molecular flexibility index (Phi) is 2.87. The molecule has 0 spiro atoms. The molecule has 112 valence electrons. The van der Waals surface area contributed by atoms with Gasteiger partial charge in [-0.1, -0.05) is 6.42 Å². The molecule has 3 aromatic rings. The maximum atomic E-state index is 12.7. The molecule has 4 rings (SSSR count). The number of pyridine rings is 2. The molecule has 22 heavy (non-hydrogen) atoms. The van der Waals surface area contributed by atoms with Gasteiger partial charge in [0.25, 0.3) is 0 Å². The van der Waals surface area contributed by atoms with E-state index in [4.69, 9.17) is 10.2 Å². The first-order valence-corrected chi connectivity index (χ1v) is 7.30. The summed E-state index contributed by atoms with van der Waals surface area (Å²) in [7, 11) is 0. The Morgan fingerprint density at radius 1 is 1.27 bits per heavy atom. The number of fused-ring (bicyclic) bond motifs is 2. The van der Waals surface area contributed by atoms with Crippen LogP contribution in [0.15, 0.2) is 27.5 Å². The quantitative estimate of drug-likeness (QED) is 0.702. The zero-order valence-corrected chi connectivity index (χ0v) is 11.9. The Morgan fingerprint density at radius 3 is 2.73 bits per heavy atom. The first-order chi connectivity index (χ1) is 10.7. The van der Waals surface area contributed by atoms with Gasteiger partial charge in [-0.15, -0.1) is 0 Å². The molecule has 0 saturated heterocycles. The molecule has 0 aliphatic heterocycles. The van der Waals surface area contributed by atoms with Crippen molar-refractivity contribution in [3.05, 3.63) is 39.7 Å². The summed E-state index contributed by atoms with van der Waals surface area (Å²) in [5.41, 5.74) is 7.45. The number of rotatable bonds is 2. The molecule has 1 saturated carbocycles. The molecule has 0 bridgehead atoms. The van der Waals surface area contributed by atoms with E-state index < -0.39 is 0 Å². The molecule has 6 heteroatoms. The van der Waals surface area contributed by atoms with E-state index in [1.807, 2.05) is 6.07 Å². The van der Waals surface area contributed by atoms with E-state index in [-0.39, 0.29) is 29.3 Å². The maximum absolute atomic E-state index is 12.7. The van der Waals surface area contributed by atoms with Crippen molar-refractivity contribution in [3.8, 4) is 0 Å². The van der Waals surface area contributed by atoms with Crippen molar-refractivity contribution >= 4 is 28.0 Å². The van der Waals surface area contributed by atoms with Crippen LogP contribution in [0.2, 0.25) is 0 Å². The number of hydrogen-bond donors (Lipinski definition) is 2. The lowest BCUT2D eigenvalue weighted by atomic mass is 9.80.